The highest BCUT2D eigenvalue weighted by molar-refractivity contribution is 6.53. The first-order valence-corrected chi connectivity index (χ1v) is 5.17. The van der Waals surface area contributed by atoms with Crippen LogP contribution in [0.15, 0.2) is 18.2 Å². The summed E-state index contributed by atoms with van der Waals surface area (Å²) in [5, 5.41) is 8.81. The van der Waals surface area contributed by atoms with Crippen LogP contribution >= 0.6 is 23.2 Å². The van der Waals surface area contributed by atoms with Gasteiger partial charge < -0.3 is 5.11 Å². The number of hydrogen-bond donors (Lipinski definition) is 1. The highest BCUT2D eigenvalue weighted by Crippen LogP contribution is 2.64. The SMILES string of the molecule is O=C(O)[C@@H]1C(c2ccc(F)c(F)c2)C1(Cl)Cl. The summed E-state index contributed by atoms with van der Waals surface area (Å²) in [5.74, 6) is -4.88. The number of halogens is 4. The summed E-state index contributed by atoms with van der Waals surface area (Å²) in [6, 6.07) is 3.12. The second-order valence-corrected chi connectivity index (χ2v) is 5.09. The average molecular weight is 267 g/mol. The Hall–Kier alpha value is -0.870. The van der Waals surface area contributed by atoms with E-state index in [0.717, 1.165) is 12.1 Å². The maximum atomic E-state index is 12.9. The van der Waals surface area contributed by atoms with Gasteiger partial charge in [-0.15, -0.1) is 0 Å². The molecule has 2 nitrogen and oxygen atoms in total. The van der Waals surface area contributed by atoms with E-state index < -0.39 is 33.8 Å². The van der Waals surface area contributed by atoms with Gasteiger partial charge in [0.2, 0.25) is 0 Å². The van der Waals surface area contributed by atoms with Crippen molar-refractivity contribution in [3.05, 3.63) is 35.4 Å². The summed E-state index contributed by atoms with van der Waals surface area (Å²) in [5.41, 5.74) is 0.288. The molecule has 0 heterocycles. The molecule has 1 aliphatic rings. The lowest BCUT2D eigenvalue weighted by Crippen LogP contribution is -2.03. The van der Waals surface area contributed by atoms with E-state index in [1.807, 2.05) is 0 Å². The quantitative estimate of drug-likeness (QED) is 0.836. The Balaban J connectivity index is 2.33. The van der Waals surface area contributed by atoms with Gasteiger partial charge >= 0.3 is 5.97 Å². The van der Waals surface area contributed by atoms with E-state index in [2.05, 4.69) is 0 Å². The Morgan fingerprint density at radius 2 is 1.94 bits per heavy atom. The van der Waals surface area contributed by atoms with Crippen molar-refractivity contribution in [1.82, 2.24) is 0 Å². The molecule has 1 aromatic rings. The molecule has 0 aliphatic heterocycles. The van der Waals surface area contributed by atoms with E-state index in [1.54, 1.807) is 0 Å². The normalized spacial score (nSPS) is 26.5. The molecule has 1 saturated carbocycles. The molecular formula is C10H6Cl2F2O2. The molecule has 86 valence electrons. The fourth-order valence-corrected chi connectivity index (χ4v) is 2.57. The van der Waals surface area contributed by atoms with Gasteiger partial charge in [0.25, 0.3) is 0 Å². The zero-order chi connectivity index (χ0) is 12.1. The van der Waals surface area contributed by atoms with Gasteiger partial charge in [0.05, 0.1) is 5.92 Å². The van der Waals surface area contributed by atoms with Crippen molar-refractivity contribution < 1.29 is 18.7 Å². The summed E-state index contributed by atoms with van der Waals surface area (Å²) < 4.78 is 24.2. The lowest BCUT2D eigenvalue weighted by molar-refractivity contribution is -0.138. The van der Waals surface area contributed by atoms with Gasteiger partial charge in [-0.05, 0) is 17.7 Å². The first-order chi connectivity index (χ1) is 7.35. The zero-order valence-corrected chi connectivity index (χ0v) is 9.27. The molecule has 0 aromatic heterocycles. The molecule has 1 aromatic carbocycles. The van der Waals surface area contributed by atoms with Gasteiger partial charge in [-0.3, -0.25) is 4.79 Å². The van der Waals surface area contributed by atoms with Crippen LogP contribution in [0, 0.1) is 17.6 Å². The Bertz CT molecular complexity index is 462. The third-order valence-electron chi connectivity index (χ3n) is 2.62. The predicted molar refractivity (Wildman–Crippen MR) is 54.7 cm³/mol. The van der Waals surface area contributed by atoms with Gasteiger partial charge in [-0.1, -0.05) is 29.3 Å². The van der Waals surface area contributed by atoms with E-state index >= 15 is 0 Å². The van der Waals surface area contributed by atoms with E-state index in [0.29, 0.717) is 0 Å². The topological polar surface area (TPSA) is 37.3 Å². The Morgan fingerprint density at radius 1 is 1.31 bits per heavy atom. The van der Waals surface area contributed by atoms with Crippen molar-refractivity contribution in [1.29, 1.82) is 0 Å². The first kappa shape index (κ1) is 11.6. The fraction of sp³-hybridized carbons (Fsp3) is 0.300. The molecule has 0 saturated heterocycles. The van der Waals surface area contributed by atoms with Crippen molar-refractivity contribution in [2.75, 3.05) is 0 Å². The molecule has 16 heavy (non-hydrogen) atoms. The van der Waals surface area contributed by atoms with Gasteiger partial charge in [0.1, 0.15) is 4.33 Å². The van der Waals surface area contributed by atoms with Crippen LogP contribution in [0.4, 0.5) is 8.78 Å². The van der Waals surface area contributed by atoms with Gasteiger partial charge in [-0.25, -0.2) is 8.78 Å². The molecule has 1 aliphatic carbocycles. The van der Waals surface area contributed by atoms with Crippen molar-refractivity contribution in [3.8, 4) is 0 Å². The largest absolute Gasteiger partial charge is 0.481 e. The smallest absolute Gasteiger partial charge is 0.310 e. The number of alkyl halides is 2. The third-order valence-corrected chi connectivity index (χ3v) is 3.56. The number of benzene rings is 1. The number of aliphatic carboxylic acids is 1. The molecule has 0 radical (unpaired) electrons. The molecule has 0 amide bonds. The minimum absolute atomic E-state index is 0.288. The van der Waals surface area contributed by atoms with Crippen LogP contribution in [0.1, 0.15) is 11.5 Å². The number of carboxylic acids is 1. The summed E-state index contributed by atoms with van der Waals surface area (Å²) >= 11 is 11.5. The van der Waals surface area contributed by atoms with Gasteiger partial charge in [-0.2, -0.15) is 0 Å². The molecule has 6 heteroatoms. The predicted octanol–water partition coefficient (Wildman–Crippen LogP) is 2.94. The Kier molecular flexibility index (Phi) is 2.59. The Labute approximate surface area is 99.8 Å². The fourth-order valence-electron chi connectivity index (χ4n) is 1.75. The monoisotopic (exact) mass is 266 g/mol. The van der Waals surface area contributed by atoms with E-state index in [4.69, 9.17) is 28.3 Å². The van der Waals surface area contributed by atoms with E-state index in [9.17, 15) is 13.6 Å². The number of hydrogen-bond acceptors (Lipinski definition) is 1. The molecule has 0 bridgehead atoms. The molecule has 2 rings (SSSR count). The maximum Gasteiger partial charge on any atom is 0.310 e. The highest BCUT2D eigenvalue weighted by Gasteiger charge is 2.68. The lowest BCUT2D eigenvalue weighted by Gasteiger charge is -2.00. The second-order valence-electron chi connectivity index (χ2n) is 3.64. The lowest BCUT2D eigenvalue weighted by atomic mass is 10.1. The summed E-state index contributed by atoms with van der Waals surface area (Å²) in [4.78, 5) is 10.8. The van der Waals surface area contributed by atoms with Gasteiger partial charge in [0.15, 0.2) is 11.6 Å². The first-order valence-electron chi connectivity index (χ1n) is 4.41. The van der Waals surface area contributed by atoms with Crippen LogP contribution < -0.4 is 0 Å². The molecule has 1 unspecified atom stereocenters. The average Bonchev–Trinajstić information content (AvgIpc) is 2.74. The van der Waals surface area contributed by atoms with Gasteiger partial charge in [0, 0.05) is 5.92 Å². The maximum absolute atomic E-state index is 12.9. The molecule has 2 atom stereocenters. The summed E-state index contributed by atoms with van der Waals surface area (Å²) in [6.45, 7) is 0. The van der Waals surface area contributed by atoms with Crippen LogP contribution in [0.3, 0.4) is 0 Å². The van der Waals surface area contributed by atoms with Crippen LogP contribution in [-0.4, -0.2) is 15.4 Å². The van der Waals surface area contributed by atoms with Crippen molar-refractivity contribution in [2.24, 2.45) is 5.92 Å². The second kappa shape index (κ2) is 3.57. The highest BCUT2D eigenvalue weighted by atomic mass is 35.5. The molecule has 1 N–H and O–H groups in total. The number of carbonyl (C=O) groups is 1. The number of carboxylic acid groups (broad SMARTS) is 1. The van der Waals surface area contributed by atoms with Crippen LogP contribution in [0.2, 0.25) is 0 Å². The standard InChI is InChI=1S/C10H6Cl2F2O2/c11-10(12)7(8(10)9(15)16)4-1-2-5(13)6(14)3-4/h1-3,7-8H,(H,15,16)/t7?,8-/m0/s1. The van der Waals surface area contributed by atoms with Crippen LogP contribution in [-0.2, 0) is 4.79 Å². The minimum Gasteiger partial charge on any atom is -0.481 e. The summed E-state index contributed by atoms with van der Waals surface area (Å²) in [7, 11) is 0. The summed E-state index contributed by atoms with van der Waals surface area (Å²) in [6.07, 6.45) is 0. The van der Waals surface area contributed by atoms with E-state index in [-0.39, 0.29) is 5.56 Å². The van der Waals surface area contributed by atoms with Crippen LogP contribution in [0.25, 0.3) is 0 Å². The third kappa shape index (κ3) is 1.66. The molecule has 1 fully saturated rings. The number of rotatable bonds is 2. The molecule has 0 spiro atoms. The zero-order valence-electron chi connectivity index (χ0n) is 7.75. The van der Waals surface area contributed by atoms with Crippen molar-refractivity contribution >= 4 is 29.2 Å². The van der Waals surface area contributed by atoms with Crippen LogP contribution in [0.5, 0.6) is 0 Å². The van der Waals surface area contributed by atoms with Crippen molar-refractivity contribution in [3.63, 3.8) is 0 Å². The minimum atomic E-state index is -1.45. The molecular weight excluding hydrogens is 261 g/mol. The van der Waals surface area contributed by atoms with Crippen molar-refractivity contribution in [2.45, 2.75) is 10.3 Å². The Morgan fingerprint density at radius 3 is 2.38 bits per heavy atom. The van der Waals surface area contributed by atoms with E-state index in [1.165, 1.54) is 6.07 Å².